The number of carbonyl (C=O) groups excluding carboxylic acids is 1. The van der Waals surface area contributed by atoms with Gasteiger partial charge in [0.1, 0.15) is 0 Å². The van der Waals surface area contributed by atoms with Crippen LogP contribution in [-0.4, -0.2) is 50.2 Å². The maximum atomic E-state index is 11.5. The zero-order valence-corrected chi connectivity index (χ0v) is 9.89. The standard InChI is InChI=1S/C10H22N2O2/c1-10(2,3)11-8-9(13)12(4)6-7-14-5/h11H,6-8H2,1-5H3. The van der Waals surface area contributed by atoms with E-state index in [1.807, 2.05) is 20.8 Å². The van der Waals surface area contributed by atoms with Crippen LogP contribution in [0.25, 0.3) is 0 Å². The molecular weight excluding hydrogens is 180 g/mol. The molecule has 0 fully saturated rings. The number of amides is 1. The summed E-state index contributed by atoms with van der Waals surface area (Å²) in [7, 11) is 3.41. The van der Waals surface area contributed by atoms with Gasteiger partial charge in [-0.25, -0.2) is 0 Å². The van der Waals surface area contributed by atoms with Gasteiger partial charge in [0.25, 0.3) is 0 Å². The minimum atomic E-state index is -0.0161. The number of hydrogen-bond donors (Lipinski definition) is 1. The third-order valence-electron chi connectivity index (χ3n) is 1.83. The number of rotatable bonds is 5. The second-order valence-electron chi connectivity index (χ2n) is 4.41. The van der Waals surface area contributed by atoms with Crippen LogP contribution in [0.5, 0.6) is 0 Å². The van der Waals surface area contributed by atoms with Crippen molar-refractivity contribution in [3.63, 3.8) is 0 Å². The van der Waals surface area contributed by atoms with Gasteiger partial charge in [0.15, 0.2) is 0 Å². The monoisotopic (exact) mass is 202 g/mol. The Bertz CT molecular complexity index is 175. The van der Waals surface area contributed by atoms with Gasteiger partial charge in [-0.05, 0) is 20.8 Å². The van der Waals surface area contributed by atoms with Crippen LogP contribution in [-0.2, 0) is 9.53 Å². The number of nitrogens with zero attached hydrogens (tertiary/aromatic N) is 1. The van der Waals surface area contributed by atoms with Gasteiger partial charge in [-0.2, -0.15) is 0 Å². The lowest BCUT2D eigenvalue weighted by molar-refractivity contribution is -0.129. The molecule has 14 heavy (non-hydrogen) atoms. The predicted molar refractivity (Wildman–Crippen MR) is 57.3 cm³/mol. The number of methoxy groups -OCH3 is 1. The molecule has 4 nitrogen and oxygen atoms in total. The fourth-order valence-electron chi connectivity index (χ4n) is 0.829. The third kappa shape index (κ3) is 6.86. The number of nitrogens with one attached hydrogen (secondary N) is 1. The molecule has 0 heterocycles. The van der Waals surface area contributed by atoms with E-state index in [-0.39, 0.29) is 11.4 Å². The highest BCUT2D eigenvalue weighted by atomic mass is 16.5. The molecule has 0 unspecified atom stereocenters. The summed E-state index contributed by atoms with van der Waals surface area (Å²) in [5.41, 5.74) is -0.0161. The molecule has 0 saturated heterocycles. The van der Waals surface area contributed by atoms with Crippen molar-refractivity contribution >= 4 is 5.91 Å². The predicted octanol–water partition coefficient (Wildman–Crippen LogP) is 0.479. The summed E-state index contributed by atoms with van der Waals surface area (Å²) >= 11 is 0. The Kier molecular flexibility index (Phi) is 5.72. The first kappa shape index (κ1) is 13.4. The second-order valence-corrected chi connectivity index (χ2v) is 4.41. The molecule has 0 aliphatic rings. The van der Waals surface area contributed by atoms with Gasteiger partial charge >= 0.3 is 0 Å². The molecule has 0 bridgehead atoms. The van der Waals surface area contributed by atoms with Crippen molar-refractivity contribution in [2.24, 2.45) is 0 Å². The number of carbonyl (C=O) groups is 1. The molecule has 0 aromatic heterocycles. The molecule has 0 radical (unpaired) electrons. The van der Waals surface area contributed by atoms with Crippen molar-refractivity contribution in [1.82, 2.24) is 10.2 Å². The van der Waals surface area contributed by atoms with Crippen LogP contribution in [0, 0.1) is 0 Å². The molecular formula is C10H22N2O2. The lowest BCUT2D eigenvalue weighted by Crippen LogP contribution is -2.44. The summed E-state index contributed by atoms with van der Waals surface area (Å²) in [5, 5.41) is 3.15. The van der Waals surface area contributed by atoms with Gasteiger partial charge in [0.05, 0.1) is 13.2 Å². The lowest BCUT2D eigenvalue weighted by atomic mass is 10.1. The third-order valence-corrected chi connectivity index (χ3v) is 1.83. The number of hydrogen-bond acceptors (Lipinski definition) is 3. The van der Waals surface area contributed by atoms with Crippen molar-refractivity contribution in [2.75, 3.05) is 33.9 Å². The van der Waals surface area contributed by atoms with Gasteiger partial charge < -0.3 is 15.0 Å². The summed E-state index contributed by atoms with van der Waals surface area (Å²) in [4.78, 5) is 13.2. The lowest BCUT2D eigenvalue weighted by Gasteiger charge is -2.23. The van der Waals surface area contributed by atoms with E-state index in [2.05, 4.69) is 5.32 Å². The highest BCUT2D eigenvalue weighted by Gasteiger charge is 2.13. The summed E-state index contributed by atoms with van der Waals surface area (Å²) < 4.78 is 4.89. The molecule has 0 aromatic rings. The Morgan fingerprint density at radius 1 is 1.43 bits per heavy atom. The molecule has 0 spiro atoms. The molecule has 0 atom stereocenters. The zero-order chi connectivity index (χ0) is 11.2. The highest BCUT2D eigenvalue weighted by Crippen LogP contribution is 1.97. The van der Waals surface area contributed by atoms with Crippen LogP contribution in [0.3, 0.4) is 0 Å². The minimum Gasteiger partial charge on any atom is -0.383 e. The molecule has 84 valence electrons. The van der Waals surface area contributed by atoms with Gasteiger partial charge in [-0.1, -0.05) is 0 Å². The van der Waals surface area contributed by atoms with Crippen molar-refractivity contribution in [3.05, 3.63) is 0 Å². The smallest absolute Gasteiger partial charge is 0.236 e. The number of likely N-dealkylation sites (N-methyl/N-ethyl adjacent to an activating group) is 1. The van der Waals surface area contributed by atoms with E-state index in [9.17, 15) is 4.79 Å². The average molecular weight is 202 g/mol. The molecule has 1 amide bonds. The van der Waals surface area contributed by atoms with Crippen LogP contribution in [0.15, 0.2) is 0 Å². The topological polar surface area (TPSA) is 41.6 Å². The Morgan fingerprint density at radius 2 is 2.00 bits per heavy atom. The molecule has 0 saturated carbocycles. The van der Waals surface area contributed by atoms with E-state index in [1.54, 1.807) is 19.1 Å². The van der Waals surface area contributed by atoms with Crippen molar-refractivity contribution < 1.29 is 9.53 Å². The first-order chi connectivity index (χ1) is 6.37. The van der Waals surface area contributed by atoms with Crippen molar-refractivity contribution in [2.45, 2.75) is 26.3 Å². The molecule has 0 aromatic carbocycles. The summed E-state index contributed by atoms with van der Waals surface area (Å²) in [6.45, 7) is 7.71. The Balaban J connectivity index is 3.73. The first-order valence-corrected chi connectivity index (χ1v) is 4.85. The zero-order valence-electron chi connectivity index (χ0n) is 9.89. The van der Waals surface area contributed by atoms with Gasteiger partial charge in [-0.3, -0.25) is 4.79 Å². The Hall–Kier alpha value is -0.610. The van der Waals surface area contributed by atoms with E-state index in [4.69, 9.17) is 4.74 Å². The molecule has 0 rings (SSSR count). The van der Waals surface area contributed by atoms with Crippen LogP contribution in [0.2, 0.25) is 0 Å². The highest BCUT2D eigenvalue weighted by molar-refractivity contribution is 5.78. The Labute approximate surface area is 86.6 Å². The maximum absolute atomic E-state index is 11.5. The normalized spacial score (nSPS) is 11.5. The molecule has 0 aliphatic heterocycles. The Morgan fingerprint density at radius 3 is 2.43 bits per heavy atom. The summed E-state index contributed by atoms with van der Waals surface area (Å²) in [6, 6.07) is 0. The van der Waals surface area contributed by atoms with Gasteiger partial charge in [-0.15, -0.1) is 0 Å². The summed E-state index contributed by atoms with van der Waals surface area (Å²) in [5.74, 6) is 0.0944. The fourth-order valence-corrected chi connectivity index (χ4v) is 0.829. The molecule has 0 aliphatic carbocycles. The number of ether oxygens (including phenoxy) is 1. The van der Waals surface area contributed by atoms with Crippen LogP contribution in [0.4, 0.5) is 0 Å². The minimum absolute atomic E-state index is 0.0161. The van der Waals surface area contributed by atoms with Crippen LogP contribution < -0.4 is 5.32 Å². The van der Waals surface area contributed by atoms with Crippen LogP contribution in [0.1, 0.15) is 20.8 Å². The average Bonchev–Trinajstić information content (AvgIpc) is 2.09. The van der Waals surface area contributed by atoms with Gasteiger partial charge in [0.2, 0.25) is 5.91 Å². The quantitative estimate of drug-likeness (QED) is 0.705. The van der Waals surface area contributed by atoms with E-state index < -0.39 is 0 Å². The molecule has 4 heteroatoms. The van der Waals surface area contributed by atoms with Crippen LogP contribution >= 0.6 is 0 Å². The maximum Gasteiger partial charge on any atom is 0.236 e. The van der Waals surface area contributed by atoms with E-state index in [1.165, 1.54) is 0 Å². The van der Waals surface area contributed by atoms with Crippen molar-refractivity contribution in [3.8, 4) is 0 Å². The second kappa shape index (κ2) is 5.98. The van der Waals surface area contributed by atoms with E-state index >= 15 is 0 Å². The van der Waals surface area contributed by atoms with Crippen molar-refractivity contribution in [1.29, 1.82) is 0 Å². The SMILES string of the molecule is COCCN(C)C(=O)CNC(C)(C)C. The largest absolute Gasteiger partial charge is 0.383 e. The van der Waals surface area contributed by atoms with E-state index in [0.29, 0.717) is 19.7 Å². The van der Waals surface area contributed by atoms with E-state index in [0.717, 1.165) is 0 Å². The first-order valence-electron chi connectivity index (χ1n) is 4.85. The molecule has 1 N–H and O–H groups in total. The van der Waals surface area contributed by atoms with Gasteiger partial charge in [0, 0.05) is 26.2 Å². The fraction of sp³-hybridized carbons (Fsp3) is 0.900. The summed E-state index contributed by atoms with van der Waals surface area (Å²) in [6.07, 6.45) is 0.